The van der Waals surface area contributed by atoms with Crippen molar-refractivity contribution in [2.75, 3.05) is 30.8 Å². The van der Waals surface area contributed by atoms with E-state index < -0.39 is 11.7 Å². The molecule has 2 rings (SSSR count). The van der Waals surface area contributed by atoms with Gasteiger partial charge in [0.1, 0.15) is 5.60 Å². The number of ether oxygens (including phenoxy) is 1. The van der Waals surface area contributed by atoms with Crippen LogP contribution >= 0.6 is 0 Å². The largest absolute Gasteiger partial charge is 0.444 e. The minimum absolute atomic E-state index is 0.111. The molecule has 8 nitrogen and oxygen atoms in total. The molecule has 0 aliphatic heterocycles. The zero-order valence-corrected chi connectivity index (χ0v) is 18.5. The van der Waals surface area contributed by atoms with Crippen LogP contribution in [0.4, 0.5) is 16.2 Å². The van der Waals surface area contributed by atoms with Crippen molar-refractivity contribution in [3.05, 3.63) is 60.2 Å². The van der Waals surface area contributed by atoms with Crippen molar-refractivity contribution in [2.24, 2.45) is 4.99 Å². The summed E-state index contributed by atoms with van der Waals surface area (Å²) < 4.78 is 5.24. The van der Waals surface area contributed by atoms with Crippen LogP contribution in [0, 0.1) is 0 Å². The Hall–Kier alpha value is -3.55. The van der Waals surface area contributed by atoms with Gasteiger partial charge in [-0.05, 0) is 57.0 Å². The van der Waals surface area contributed by atoms with Crippen molar-refractivity contribution < 1.29 is 14.3 Å². The fourth-order valence-electron chi connectivity index (χ4n) is 2.61. The van der Waals surface area contributed by atoms with Crippen LogP contribution in [-0.4, -0.2) is 43.7 Å². The molecule has 0 saturated carbocycles. The van der Waals surface area contributed by atoms with Crippen molar-refractivity contribution in [1.82, 2.24) is 10.6 Å². The minimum Gasteiger partial charge on any atom is -0.444 e. The predicted molar refractivity (Wildman–Crippen MR) is 124 cm³/mol. The monoisotopic (exact) mass is 425 g/mol. The Kier molecular flexibility index (Phi) is 8.87. The molecule has 2 aromatic rings. The van der Waals surface area contributed by atoms with Crippen LogP contribution in [0.1, 0.15) is 26.3 Å². The highest BCUT2D eigenvalue weighted by molar-refractivity contribution is 5.94. The van der Waals surface area contributed by atoms with E-state index in [4.69, 9.17) is 4.74 Å². The van der Waals surface area contributed by atoms with E-state index in [0.717, 1.165) is 17.7 Å². The molecule has 0 heterocycles. The van der Waals surface area contributed by atoms with Crippen molar-refractivity contribution in [3.63, 3.8) is 0 Å². The summed E-state index contributed by atoms with van der Waals surface area (Å²) in [5, 5.41) is 11.7. The first kappa shape index (κ1) is 23.7. The number of guanidine groups is 1. The van der Waals surface area contributed by atoms with E-state index in [1.807, 2.05) is 75.4 Å². The summed E-state index contributed by atoms with van der Waals surface area (Å²) in [4.78, 5) is 28.0. The Morgan fingerprint density at radius 3 is 2.16 bits per heavy atom. The molecule has 4 N–H and O–H groups in total. The highest BCUT2D eigenvalue weighted by Gasteiger charge is 2.16. The molecule has 0 spiro atoms. The van der Waals surface area contributed by atoms with Gasteiger partial charge in [0, 0.05) is 25.0 Å². The molecular formula is C23H31N5O3. The van der Waals surface area contributed by atoms with E-state index in [2.05, 4.69) is 26.3 Å². The SMILES string of the molecule is CN=C(NCCc1ccc(NC(=O)OC(C)(C)C)cc1)NCC(=O)Nc1ccccc1. The van der Waals surface area contributed by atoms with Gasteiger partial charge in [-0.15, -0.1) is 0 Å². The Bertz CT molecular complexity index is 874. The van der Waals surface area contributed by atoms with Gasteiger partial charge in [-0.1, -0.05) is 30.3 Å². The number of benzene rings is 2. The first-order valence-corrected chi connectivity index (χ1v) is 10.1. The molecular weight excluding hydrogens is 394 g/mol. The number of carbonyl (C=O) groups is 2. The van der Waals surface area contributed by atoms with Crippen LogP contribution in [0.3, 0.4) is 0 Å². The lowest BCUT2D eigenvalue weighted by molar-refractivity contribution is -0.115. The molecule has 0 radical (unpaired) electrons. The number of anilines is 2. The molecule has 0 aliphatic rings. The quantitative estimate of drug-likeness (QED) is 0.402. The Labute approximate surface area is 183 Å². The molecule has 0 aliphatic carbocycles. The maximum Gasteiger partial charge on any atom is 0.412 e. The number of amides is 2. The second kappa shape index (κ2) is 11.6. The van der Waals surface area contributed by atoms with Crippen LogP contribution in [0.25, 0.3) is 0 Å². The molecule has 2 aromatic carbocycles. The predicted octanol–water partition coefficient (Wildman–Crippen LogP) is 3.38. The lowest BCUT2D eigenvalue weighted by Crippen LogP contribution is -2.42. The molecule has 0 saturated heterocycles. The highest BCUT2D eigenvalue weighted by Crippen LogP contribution is 2.13. The van der Waals surface area contributed by atoms with Gasteiger partial charge in [0.2, 0.25) is 5.91 Å². The fourth-order valence-corrected chi connectivity index (χ4v) is 2.61. The maximum absolute atomic E-state index is 12.0. The van der Waals surface area contributed by atoms with Gasteiger partial charge in [0.15, 0.2) is 5.96 Å². The number of nitrogens with zero attached hydrogens (tertiary/aromatic N) is 1. The lowest BCUT2D eigenvalue weighted by atomic mass is 10.1. The summed E-state index contributed by atoms with van der Waals surface area (Å²) in [6, 6.07) is 16.8. The van der Waals surface area contributed by atoms with Crippen molar-refractivity contribution in [3.8, 4) is 0 Å². The Balaban J connectivity index is 1.71. The molecule has 2 amide bonds. The molecule has 0 aromatic heterocycles. The summed E-state index contributed by atoms with van der Waals surface area (Å²) in [5.41, 5.74) is 1.99. The second-order valence-corrected chi connectivity index (χ2v) is 7.84. The summed E-state index contributed by atoms with van der Waals surface area (Å²) in [7, 11) is 1.65. The fraction of sp³-hybridized carbons (Fsp3) is 0.348. The number of rotatable bonds is 7. The lowest BCUT2D eigenvalue weighted by Gasteiger charge is -2.19. The number of hydrogen-bond donors (Lipinski definition) is 4. The number of para-hydroxylation sites is 1. The van der Waals surface area contributed by atoms with Gasteiger partial charge in [-0.2, -0.15) is 0 Å². The van der Waals surface area contributed by atoms with Gasteiger partial charge < -0.3 is 20.7 Å². The third-order valence-electron chi connectivity index (χ3n) is 4.00. The smallest absolute Gasteiger partial charge is 0.412 e. The molecule has 0 atom stereocenters. The molecule has 0 unspecified atom stereocenters. The summed E-state index contributed by atoms with van der Waals surface area (Å²) >= 11 is 0. The average Bonchev–Trinajstić information content (AvgIpc) is 2.71. The maximum atomic E-state index is 12.0. The number of aliphatic imine (C=N–C) groups is 1. The van der Waals surface area contributed by atoms with E-state index in [-0.39, 0.29) is 12.5 Å². The molecule has 0 fully saturated rings. The zero-order valence-electron chi connectivity index (χ0n) is 18.5. The Morgan fingerprint density at radius 2 is 1.55 bits per heavy atom. The topological polar surface area (TPSA) is 104 Å². The molecule has 8 heteroatoms. The zero-order chi connectivity index (χ0) is 22.7. The van der Waals surface area contributed by atoms with Crippen LogP contribution in [0.5, 0.6) is 0 Å². The van der Waals surface area contributed by atoms with Crippen LogP contribution < -0.4 is 21.3 Å². The summed E-state index contributed by atoms with van der Waals surface area (Å²) in [5.74, 6) is 0.397. The third-order valence-corrected chi connectivity index (χ3v) is 4.00. The normalized spacial score (nSPS) is 11.4. The second-order valence-electron chi connectivity index (χ2n) is 7.84. The number of carbonyl (C=O) groups excluding carboxylic acids is 2. The minimum atomic E-state index is -0.537. The summed E-state index contributed by atoms with van der Waals surface area (Å²) in [6.07, 6.45) is 0.275. The standard InChI is InChI=1S/C23H31N5O3/c1-23(2,3)31-22(30)28-19-12-10-17(11-13-19)14-15-25-21(24-4)26-16-20(29)27-18-8-6-5-7-9-18/h5-13H,14-16H2,1-4H3,(H,27,29)(H,28,30)(H2,24,25,26). The van der Waals surface area contributed by atoms with E-state index >= 15 is 0 Å². The van der Waals surface area contributed by atoms with E-state index in [1.165, 1.54) is 0 Å². The van der Waals surface area contributed by atoms with Crippen LogP contribution in [-0.2, 0) is 16.0 Å². The van der Waals surface area contributed by atoms with Crippen molar-refractivity contribution in [2.45, 2.75) is 32.8 Å². The van der Waals surface area contributed by atoms with Crippen molar-refractivity contribution in [1.29, 1.82) is 0 Å². The first-order valence-electron chi connectivity index (χ1n) is 10.1. The summed E-state index contributed by atoms with van der Waals surface area (Å²) in [6.45, 7) is 6.21. The molecule has 31 heavy (non-hydrogen) atoms. The molecule has 166 valence electrons. The average molecular weight is 426 g/mol. The van der Waals surface area contributed by atoms with Gasteiger partial charge >= 0.3 is 6.09 Å². The molecule has 0 bridgehead atoms. The third kappa shape index (κ3) is 9.66. The van der Waals surface area contributed by atoms with Crippen molar-refractivity contribution >= 4 is 29.3 Å². The van der Waals surface area contributed by atoms with E-state index in [1.54, 1.807) is 7.05 Å². The number of nitrogens with one attached hydrogen (secondary N) is 4. The van der Waals surface area contributed by atoms with Gasteiger partial charge in [-0.3, -0.25) is 15.1 Å². The first-order chi connectivity index (χ1) is 14.7. The van der Waals surface area contributed by atoms with Gasteiger partial charge in [-0.25, -0.2) is 4.79 Å². The van der Waals surface area contributed by atoms with E-state index in [0.29, 0.717) is 18.2 Å². The van der Waals surface area contributed by atoms with Gasteiger partial charge in [0.25, 0.3) is 0 Å². The van der Waals surface area contributed by atoms with E-state index in [9.17, 15) is 9.59 Å². The highest BCUT2D eigenvalue weighted by atomic mass is 16.6. The van der Waals surface area contributed by atoms with Crippen LogP contribution in [0.15, 0.2) is 59.6 Å². The van der Waals surface area contributed by atoms with Crippen LogP contribution in [0.2, 0.25) is 0 Å². The van der Waals surface area contributed by atoms with Gasteiger partial charge in [0.05, 0.1) is 6.54 Å². The Morgan fingerprint density at radius 1 is 0.903 bits per heavy atom. The number of hydrogen-bond acceptors (Lipinski definition) is 4.